The van der Waals surface area contributed by atoms with E-state index in [1.165, 1.54) is 0 Å². The number of nitrogens with one attached hydrogen (secondary N) is 3. The lowest BCUT2D eigenvalue weighted by Crippen LogP contribution is -2.58. The van der Waals surface area contributed by atoms with Crippen molar-refractivity contribution in [3.63, 3.8) is 0 Å². The van der Waals surface area contributed by atoms with Crippen LogP contribution in [0.1, 0.15) is 38.4 Å². The zero-order valence-electron chi connectivity index (χ0n) is 24.5. The van der Waals surface area contributed by atoms with Crippen LogP contribution < -0.4 is 24.8 Å². The van der Waals surface area contributed by atoms with Gasteiger partial charge in [0.15, 0.2) is 6.61 Å². The van der Waals surface area contributed by atoms with E-state index in [0.29, 0.717) is 47.2 Å². The third-order valence-electron chi connectivity index (χ3n) is 7.86. The summed E-state index contributed by atoms with van der Waals surface area (Å²) in [7, 11) is 1.55. The van der Waals surface area contributed by atoms with Crippen molar-refractivity contribution in [3.05, 3.63) is 95.2 Å². The Balaban J connectivity index is 1.28. The summed E-state index contributed by atoms with van der Waals surface area (Å²) in [6, 6.07) is 21.3. The molecular formula is C33H33N5O6. The van der Waals surface area contributed by atoms with E-state index < -0.39 is 12.1 Å². The summed E-state index contributed by atoms with van der Waals surface area (Å²) in [5.74, 6) is 0.655. The molecule has 4 bridgehead atoms. The summed E-state index contributed by atoms with van der Waals surface area (Å²) in [4.78, 5) is 41.3. The van der Waals surface area contributed by atoms with Gasteiger partial charge in [-0.1, -0.05) is 36.4 Å². The number of carbonyl (C=O) groups excluding carboxylic acids is 3. The Hall–Kier alpha value is -5.32. The number of hydrogen-bond donors (Lipinski definition) is 3. The van der Waals surface area contributed by atoms with E-state index in [-0.39, 0.29) is 37.4 Å². The number of H-pyrrole nitrogens is 1. The molecule has 1 aromatic heterocycles. The second-order valence-electron chi connectivity index (χ2n) is 10.8. The van der Waals surface area contributed by atoms with Crippen LogP contribution >= 0.6 is 0 Å². The minimum absolute atomic E-state index is 0.212. The predicted molar refractivity (Wildman–Crippen MR) is 162 cm³/mol. The number of hydrogen-bond acceptors (Lipinski definition) is 7. The van der Waals surface area contributed by atoms with Crippen LogP contribution in [-0.4, -0.2) is 71.8 Å². The van der Waals surface area contributed by atoms with Crippen LogP contribution in [0.25, 0.3) is 11.3 Å². The summed E-state index contributed by atoms with van der Waals surface area (Å²) in [5.41, 5.74) is 3.86. The number of methoxy groups -OCH3 is 1. The van der Waals surface area contributed by atoms with Gasteiger partial charge in [-0.05, 0) is 42.8 Å². The second-order valence-corrected chi connectivity index (χ2v) is 10.8. The number of piperidine rings is 1. The quantitative estimate of drug-likeness (QED) is 0.330. The van der Waals surface area contributed by atoms with Crippen LogP contribution in [0.4, 0.5) is 0 Å². The molecule has 3 N–H and O–H groups in total. The molecule has 4 heterocycles. The first kappa shape index (κ1) is 28.8. The summed E-state index contributed by atoms with van der Waals surface area (Å²) in [6.45, 7) is 2.51. The summed E-state index contributed by atoms with van der Waals surface area (Å²) in [5, 5.41) is 13.1. The van der Waals surface area contributed by atoms with Gasteiger partial charge < -0.3 is 29.7 Å². The van der Waals surface area contributed by atoms with Crippen molar-refractivity contribution >= 4 is 17.7 Å². The Kier molecular flexibility index (Phi) is 8.18. The van der Waals surface area contributed by atoms with Gasteiger partial charge in [0.25, 0.3) is 17.7 Å². The normalized spacial score (nSPS) is 18.6. The molecule has 0 aliphatic carbocycles. The van der Waals surface area contributed by atoms with Gasteiger partial charge in [-0.25, -0.2) is 0 Å². The maximum absolute atomic E-state index is 13.6. The molecule has 0 unspecified atom stereocenters. The van der Waals surface area contributed by atoms with Crippen molar-refractivity contribution in [2.45, 2.75) is 32.0 Å². The summed E-state index contributed by atoms with van der Waals surface area (Å²) in [6.07, 6.45) is 0.0374. The summed E-state index contributed by atoms with van der Waals surface area (Å²) < 4.78 is 17.8. The van der Waals surface area contributed by atoms with E-state index >= 15 is 0 Å². The van der Waals surface area contributed by atoms with Gasteiger partial charge in [0, 0.05) is 48.8 Å². The van der Waals surface area contributed by atoms with Crippen molar-refractivity contribution in [3.8, 4) is 28.5 Å². The molecule has 3 aliphatic heterocycles. The van der Waals surface area contributed by atoms with E-state index in [0.717, 1.165) is 16.7 Å². The van der Waals surface area contributed by atoms with E-state index in [1.807, 2.05) is 43.3 Å². The number of amides is 3. The van der Waals surface area contributed by atoms with Crippen LogP contribution in [0.5, 0.6) is 17.2 Å². The lowest BCUT2D eigenvalue weighted by Gasteiger charge is -2.38. The fraction of sp³-hybridized carbons (Fsp3) is 0.273. The predicted octanol–water partition coefficient (Wildman–Crippen LogP) is 3.49. The van der Waals surface area contributed by atoms with Crippen molar-refractivity contribution in [1.82, 2.24) is 25.7 Å². The highest BCUT2D eigenvalue weighted by molar-refractivity contribution is 5.96. The standard InChI is InChI=1S/C33H33N5O6/c1-20-8-9-22-14-29(20)43-19-31(39)34-17-23-10-11-24(15-30(23)42-2)44-28-12-13-38(18-27(28)35-32(22)40)33(41)26-16-25(36-37-26)21-6-4-3-5-7-21/h3-11,14-16,27-28H,12-13,17-19H2,1-2H3,(H,34,39)(H,35,40)(H,36,37)/t27-,28+/m0/s1. The van der Waals surface area contributed by atoms with Gasteiger partial charge >= 0.3 is 0 Å². The molecule has 0 spiro atoms. The van der Waals surface area contributed by atoms with Crippen molar-refractivity contribution in [2.24, 2.45) is 0 Å². The zero-order valence-corrected chi connectivity index (χ0v) is 24.5. The Morgan fingerprint density at radius 3 is 2.68 bits per heavy atom. The van der Waals surface area contributed by atoms with E-state index in [1.54, 1.807) is 48.4 Å². The monoisotopic (exact) mass is 595 g/mol. The fourth-order valence-electron chi connectivity index (χ4n) is 5.41. The topological polar surface area (TPSA) is 135 Å². The molecule has 0 saturated carbocycles. The van der Waals surface area contributed by atoms with E-state index in [2.05, 4.69) is 20.8 Å². The number of aromatic nitrogens is 2. The fourth-order valence-corrected chi connectivity index (χ4v) is 5.41. The lowest BCUT2D eigenvalue weighted by molar-refractivity contribution is -0.123. The third kappa shape index (κ3) is 6.22. The molecule has 3 amide bonds. The number of aromatic amines is 1. The first-order valence-corrected chi connectivity index (χ1v) is 14.4. The number of ether oxygens (including phenoxy) is 3. The van der Waals surface area contributed by atoms with Gasteiger partial charge in [0.1, 0.15) is 29.0 Å². The molecule has 44 heavy (non-hydrogen) atoms. The van der Waals surface area contributed by atoms with E-state index in [4.69, 9.17) is 14.2 Å². The highest BCUT2D eigenvalue weighted by Gasteiger charge is 2.35. The molecule has 2 atom stereocenters. The first-order valence-electron chi connectivity index (χ1n) is 14.4. The Morgan fingerprint density at radius 2 is 1.86 bits per heavy atom. The Morgan fingerprint density at radius 1 is 1.02 bits per heavy atom. The van der Waals surface area contributed by atoms with Crippen LogP contribution in [0.15, 0.2) is 72.8 Å². The van der Waals surface area contributed by atoms with Gasteiger partial charge in [0.05, 0.1) is 18.8 Å². The first-order chi connectivity index (χ1) is 21.4. The average molecular weight is 596 g/mol. The maximum Gasteiger partial charge on any atom is 0.271 e. The molecule has 4 aromatic rings. The Labute approximate surface area is 254 Å². The summed E-state index contributed by atoms with van der Waals surface area (Å²) >= 11 is 0. The van der Waals surface area contributed by atoms with Crippen LogP contribution in [0, 0.1) is 6.92 Å². The van der Waals surface area contributed by atoms with Gasteiger partial charge in [0.2, 0.25) is 0 Å². The molecule has 11 nitrogen and oxygen atoms in total. The van der Waals surface area contributed by atoms with Crippen LogP contribution in [0.3, 0.4) is 0 Å². The number of aryl methyl sites for hydroxylation is 1. The minimum Gasteiger partial charge on any atom is -0.496 e. The van der Waals surface area contributed by atoms with Crippen LogP contribution in [0.2, 0.25) is 0 Å². The minimum atomic E-state index is -0.535. The van der Waals surface area contributed by atoms with Gasteiger partial charge in [-0.15, -0.1) is 0 Å². The highest BCUT2D eigenvalue weighted by atomic mass is 16.5. The average Bonchev–Trinajstić information content (AvgIpc) is 3.54. The number of nitrogens with zero attached hydrogens (tertiary/aromatic N) is 2. The number of fused-ring (bicyclic) bond motifs is 7. The largest absolute Gasteiger partial charge is 0.496 e. The van der Waals surface area contributed by atoms with Crippen molar-refractivity contribution < 1.29 is 28.6 Å². The zero-order chi connectivity index (χ0) is 30.6. The number of carbonyl (C=O) groups is 3. The molecule has 11 heteroatoms. The number of rotatable bonds is 3. The molecule has 1 fully saturated rings. The maximum atomic E-state index is 13.6. The second kappa shape index (κ2) is 12.5. The molecule has 226 valence electrons. The van der Waals surface area contributed by atoms with Crippen LogP contribution in [-0.2, 0) is 11.3 Å². The SMILES string of the molecule is COc1cc2ccc1CNC(=O)COc1cc(ccc1C)C(=O)N[C@H]1CN(C(=O)c3cc(-c4ccccc4)n[nH]3)CC[C@H]1O2. The van der Waals surface area contributed by atoms with Gasteiger partial charge in [-0.2, -0.15) is 5.10 Å². The number of benzene rings is 3. The molecule has 3 aromatic carbocycles. The molecule has 1 saturated heterocycles. The van der Waals surface area contributed by atoms with Crippen molar-refractivity contribution in [1.29, 1.82) is 0 Å². The smallest absolute Gasteiger partial charge is 0.271 e. The number of likely N-dealkylation sites (tertiary alicyclic amines) is 1. The third-order valence-corrected chi connectivity index (χ3v) is 7.86. The van der Waals surface area contributed by atoms with Gasteiger partial charge in [-0.3, -0.25) is 19.5 Å². The van der Waals surface area contributed by atoms with Crippen molar-refractivity contribution in [2.75, 3.05) is 26.8 Å². The molecule has 3 aliphatic rings. The Bertz CT molecular complexity index is 1690. The molecule has 7 rings (SSSR count). The highest BCUT2D eigenvalue weighted by Crippen LogP contribution is 2.29. The lowest BCUT2D eigenvalue weighted by atomic mass is 10.00. The molecular weight excluding hydrogens is 562 g/mol. The molecule has 0 radical (unpaired) electrons. The van der Waals surface area contributed by atoms with E-state index in [9.17, 15) is 14.4 Å².